The van der Waals surface area contributed by atoms with Gasteiger partial charge in [-0.2, -0.15) is 18.2 Å². The van der Waals surface area contributed by atoms with Crippen molar-refractivity contribution in [1.29, 1.82) is 0 Å². The first kappa shape index (κ1) is 17.8. The molecule has 0 aliphatic heterocycles. The zero-order chi connectivity index (χ0) is 19.7. The molecule has 0 atom stereocenters. The van der Waals surface area contributed by atoms with Crippen LogP contribution in [0.5, 0.6) is 5.75 Å². The van der Waals surface area contributed by atoms with Crippen LogP contribution < -0.4 is 4.74 Å². The lowest BCUT2D eigenvalue weighted by molar-refractivity contribution is -0.138. The molecule has 4 aromatic rings. The number of hydrogen-bond acceptors (Lipinski definition) is 5. The molecule has 0 saturated carbocycles. The molecule has 0 saturated heterocycles. The van der Waals surface area contributed by atoms with Gasteiger partial charge >= 0.3 is 6.18 Å². The first-order valence-electron chi connectivity index (χ1n) is 8.18. The Kier molecular flexibility index (Phi) is 4.34. The molecule has 0 fully saturated rings. The van der Waals surface area contributed by atoms with Gasteiger partial charge in [-0.3, -0.25) is 0 Å². The van der Waals surface area contributed by atoms with Crippen molar-refractivity contribution in [3.63, 3.8) is 0 Å². The first-order valence-corrected chi connectivity index (χ1v) is 8.18. The number of alkyl halides is 3. The van der Waals surface area contributed by atoms with Crippen LogP contribution in [0.15, 0.2) is 59.9 Å². The van der Waals surface area contributed by atoms with E-state index >= 15 is 0 Å². The van der Waals surface area contributed by atoms with Gasteiger partial charge in [0.2, 0.25) is 5.82 Å². The Balaban J connectivity index is 1.70. The van der Waals surface area contributed by atoms with Crippen LogP contribution in [0.1, 0.15) is 5.56 Å². The van der Waals surface area contributed by atoms with Gasteiger partial charge in [-0.05, 0) is 36.4 Å². The third kappa shape index (κ3) is 3.34. The zero-order valence-corrected chi connectivity index (χ0v) is 14.3. The van der Waals surface area contributed by atoms with E-state index in [1.54, 1.807) is 24.5 Å². The van der Waals surface area contributed by atoms with Gasteiger partial charge in [0.1, 0.15) is 12.4 Å². The Hall–Kier alpha value is -3.62. The molecule has 2 aromatic carbocycles. The fourth-order valence-corrected chi connectivity index (χ4v) is 2.69. The summed E-state index contributed by atoms with van der Waals surface area (Å²) in [6.45, 7) is 3.39. The lowest BCUT2D eigenvalue weighted by Crippen LogP contribution is -2.09. The summed E-state index contributed by atoms with van der Waals surface area (Å²) in [5.74, 6) is -0.0711. The zero-order valence-electron chi connectivity index (χ0n) is 14.3. The Morgan fingerprint density at radius 3 is 2.75 bits per heavy atom. The summed E-state index contributed by atoms with van der Waals surface area (Å²) < 4.78 is 50.4. The number of imidazole rings is 1. The fourth-order valence-electron chi connectivity index (χ4n) is 2.69. The SMILES string of the molecule is C=CCOc1ccc(-c2nc(-c3ccc4[nH]cnc4c3)no2)cc1C(F)(F)F. The lowest BCUT2D eigenvalue weighted by Gasteiger charge is -2.13. The third-order valence-electron chi connectivity index (χ3n) is 3.99. The van der Waals surface area contributed by atoms with Crippen LogP contribution >= 0.6 is 0 Å². The summed E-state index contributed by atoms with van der Waals surface area (Å²) in [6.07, 6.45) is -1.67. The Morgan fingerprint density at radius 2 is 1.96 bits per heavy atom. The van der Waals surface area contributed by atoms with Gasteiger partial charge in [-0.25, -0.2) is 4.98 Å². The largest absolute Gasteiger partial charge is 0.489 e. The van der Waals surface area contributed by atoms with E-state index < -0.39 is 11.7 Å². The highest BCUT2D eigenvalue weighted by atomic mass is 19.4. The fraction of sp³-hybridized carbons (Fsp3) is 0.105. The van der Waals surface area contributed by atoms with Crippen molar-refractivity contribution in [2.24, 2.45) is 0 Å². The van der Waals surface area contributed by atoms with Crippen molar-refractivity contribution in [2.45, 2.75) is 6.18 Å². The number of aromatic amines is 1. The van der Waals surface area contributed by atoms with Crippen molar-refractivity contribution in [3.05, 3.63) is 60.9 Å². The predicted octanol–water partition coefficient (Wildman–Crippen LogP) is 4.86. The van der Waals surface area contributed by atoms with Crippen LogP contribution in [0.3, 0.4) is 0 Å². The van der Waals surface area contributed by atoms with Gasteiger partial charge in [0.05, 0.1) is 22.9 Å². The van der Waals surface area contributed by atoms with Crippen LogP contribution in [-0.4, -0.2) is 26.7 Å². The molecule has 2 heterocycles. The molecule has 9 heteroatoms. The summed E-state index contributed by atoms with van der Waals surface area (Å²) >= 11 is 0. The smallest absolute Gasteiger partial charge is 0.419 e. The topological polar surface area (TPSA) is 76.8 Å². The molecular weight excluding hydrogens is 373 g/mol. The standard InChI is InChI=1S/C19H13F3N4O2/c1-2-7-27-16-6-4-12(8-13(16)19(20,21)22)18-25-17(26-28-18)11-3-5-14-15(9-11)24-10-23-14/h2-6,8-10H,1,7H2,(H,23,24). The number of H-pyrrole nitrogens is 1. The first-order chi connectivity index (χ1) is 13.5. The van der Waals surface area contributed by atoms with E-state index in [0.29, 0.717) is 11.1 Å². The second-order valence-electron chi connectivity index (χ2n) is 5.87. The van der Waals surface area contributed by atoms with E-state index in [-0.39, 0.29) is 29.6 Å². The van der Waals surface area contributed by atoms with E-state index in [2.05, 4.69) is 26.7 Å². The number of nitrogens with one attached hydrogen (secondary N) is 1. The highest BCUT2D eigenvalue weighted by Crippen LogP contribution is 2.38. The Labute approximate surface area is 156 Å². The minimum Gasteiger partial charge on any atom is -0.489 e. The number of halogens is 3. The van der Waals surface area contributed by atoms with Gasteiger partial charge in [0.15, 0.2) is 0 Å². The molecular formula is C19H13F3N4O2. The maximum absolute atomic E-state index is 13.4. The van der Waals surface area contributed by atoms with Crippen LogP contribution in [0.4, 0.5) is 13.2 Å². The number of benzene rings is 2. The van der Waals surface area contributed by atoms with Gasteiger partial charge in [-0.1, -0.05) is 17.8 Å². The van der Waals surface area contributed by atoms with E-state index in [9.17, 15) is 13.2 Å². The third-order valence-corrected chi connectivity index (χ3v) is 3.99. The molecule has 4 rings (SSSR count). The van der Waals surface area contributed by atoms with Crippen molar-refractivity contribution < 1.29 is 22.4 Å². The molecule has 1 N–H and O–H groups in total. The molecule has 142 valence electrons. The quantitative estimate of drug-likeness (QED) is 0.496. The molecule has 0 bridgehead atoms. The number of aromatic nitrogens is 4. The summed E-state index contributed by atoms with van der Waals surface area (Å²) in [5.41, 5.74) is 1.41. The van der Waals surface area contributed by atoms with E-state index in [4.69, 9.17) is 9.26 Å². The Morgan fingerprint density at radius 1 is 1.14 bits per heavy atom. The highest BCUT2D eigenvalue weighted by molar-refractivity contribution is 5.80. The number of ether oxygens (including phenoxy) is 1. The van der Waals surface area contributed by atoms with Crippen molar-refractivity contribution in [1.82, 2.24) is 20.1 Å². The maximum Gasteiger partial charge on any atom is 0.419 e. The number of nitrogens with zero attached hydrogens (tertiary/aromatic N) is 3. The van der Waals surface area contributed by atoms with Crippen molar-refractivity contribution in [2.75, 3.05) is 6.61 Å². The summed E-state index contributed by atoms with van der Waals surface area (Å²) in [4.78, 5) is 11.3. The van der Waals surface area contributed by atoms with E-state index in [1.165, 1.54) is 18.2 Å². The van der Waals surface area contributed by atoms with Crippen LogP contribution in [0, 0.1) is 0 Å². The average molecular weight is 386 g/mol. The van der Waals surface area contributed by atoms with Crippen LogP contribution in [-0.2, 0) is 6.18 Å². The summed E-state index contributed by atoms with van der Waals surface area (Å²) in [6, 6.07) is 8.91. The Bertz CT molecular complexity index is 1150. The number of hydrogen-bond donors (Lipinski definition) is 1. The molecule has 0 unspecified atom stereocenters. The molecule has 6 nitrogen and oxygen atoms in total. The van der Waals surface area contributed by atoms with Crippen molar-refractivity contribution >= 4 is 11.0 Å². The van der Waals surface area contributed by atoms with Gasteiger partial charge in [-0.15, -0.1) is 0 Å². The van der Waals surface area contributed by atoms with Gasteiger partial charge < -0.3 is 14.2 Å². The molecule has 28 heavy (non-hydrogen) atoms. The summed E-state index contributed by atoms with van der Waals surface area (Å²) in [7, 11) is 0. The minimum absolute atomic E-state index is 0.0297. The molecule has 0 aliphatic rings. The van der Waals surface area contributed by atoms with E-state index in [1.807, 2.05) is 0 Å². The maximum atomic E-state index is 13.4. The second-order valence-corrected chi connectivity index (χ2v) is 5.87. The minimum atomic E-state index is -4.60. The lowest BCUT2D eigenvalue weighted by atomic mass is 10.1. The second kappa shape index (κ2) is 6.84. The molecule has 0 radical (unpaired) electrons. The predicted molar refractivity (Wildman–Crippen MR) is 95.5 cm³/mol. The molecule has 0 amide bonds. The molecule has 0 aliphatic carbocycles. The van der Waals surface area contributed by atoms with Crippen molar-refractivity contribution in [3.8, 4) is 28.6 Å². The van der Waals surface area contributed by atoms with Gasteiger partial charge in [0, 0.05) is 11.1 Å². The average Bonchev–Trinajstić information content (AvgIpc) is 3.34. The summed E-state index contributed by atoms with van der Waals surface area (Å²) in [5, 5.41) is 3.87. The van der Waals surface area contributed by atoms with E-state index in [0.717, 1.165) is 11.6 Å². The molecule has 2 aromatic heterocycles. The van der Waals surface area contributed by atoms with Crippen LogP contribution in [0.2, 0.25) is 0 Å². The van der Waals surface area contributed by atoms with Gasteiger partial charge in [0.25, 0.3) is 5.89 Å². The molecule has 0 spiro atoms. The number of rotatable bonds is 5. The highest BCUT2D eigenvalue weighted by Gasteiger charge is 2.35. The normalized spacial score (nSPS) is 11.7. The monoisotopic (exact) mass is 386 g/mol. The van der Waals surface area contributed by atoms with Crippen LogP contribution in [0.25, 0.3) is 33.9 Å². The number of fused-ring (bicyclic) bond motifs is 1.